The molecule has 0 bridgehead atoms. The highest BCUT2D eigenvalue weighted by molar-refractivity contribution is 6.00. The fourth-order valence-electron chi connectivity index (χ4n) is 2.64. The number of esters is 1. The quantitative estimate of drug-likeness (QED) is 0.864. The van der Waals surface area contributed by atoms with E-state index in [0.29, 0.717) is 16.8 Å². The number of rotatable bonds is 3. The first-order chi connectivity index (χ1) is 12.5. The molecule has 0 spiro atoms. The van der Waals surface area contributed by atoms with Crippen LogP contribution in [0.4, 0.5) is 0 Å². The maximum Gasteiger partial charge on any atom is 0.335 e. The third-order valence-corrected chi connectivity index (χ3v) is 4.04. The van der Waals surface area contributed by atoms with Gasteiger partial charge in [0.2, 0.25) is 5.88 Å². The Morgan fingerprint density at radius 3 is 2.08 bits per heavy atom. The first kappa shape index (κ1) is 17.4. The van der Waals surface area contributed by atoms with Gasteiger partial charge in [0.15, 0.2) is 0 Å². The Hall–Kier alpha value is -3.41. The second kappa shape index (κ2) is 7.23. The van der Waals surface area contributed by atoms with Gasteiger partial charge in [-0.15, -0.1) is 0 Å². The molecule has 1 aliphatic rings. The van der Waals surface area contributed by atoms with Crippen LogP contribution in [0.2, 0.25) is 0 Å². The summed E-state index contributed by atoms with van der Waals surface area (Å²) in [6.45, 7) is 3.18. The van der Waals surface area contributed by atoms with Crippen LogP contribution in [-0.4, -0.2) is 28.7 Å². The molecule has 0 aliphatic carbocycles. The fraction of sp³-hybridized carbons (Fsp3) is 0.150. The van der Waals surface area contributed by atoms with Crippen molar-refractivity contribution in [2.45, 2.75) is 19.9 Å². The molecule has 1 heterocycles. The molecule has 0 aromatic heterocycles. The highest BCUT2D eigenvalue weighted by atomic mass is 16.6. The zero-order valence-electron chi connectivity index (χ0n) is 14.4. The molecule has 26 heavy (non-hydrogen) atoms. The SMILES string of the molecule is C/C(NC(=O)c1ccccc1)=C1\OC(=O)C(C)N1C(=O)c1ccccc1. The summed E-state index contributed by atoms with van der Waals surface area (Å²) in [5.41, 5.74) is 1.18. The Labute approximate surface area is 151 Å². The monoisotopic (exact) mass is 350 g/mol. The Balaban J connectivity index is 1.90. The molecule has 1 fully saturated rings. The van der Waals surface area contributed by atoms with E-state index in [1.807, 2.05) is 6.07 Å². The number of benzene rings is 2. The van der Waals surface area contributed by atoms with Gasteiger partial charge in [-0.1, -0.05) is 36.4 Å². The number of nitrogens with zero attached hydrogens (tertiary/aromatic N) is 1. The van der Waals surface area contributed by atoms with Gasteiger partial charge in [0.05, 0.1) is 5.70 Å². The number of carbonyl (C=O) groups excluding carboxylic acids is 3. The van der Waals surface area contributed by atoms with E-state index in [9.17, 15) is 14.4 Å². The van der Waals surface area contributed by atoms with Crippen molar-refractivity contribution in [2.75, 3.05) is 0 Å². The maximum atomic E-state index is 12.8. The number of hydrogen-bond acceptors (Lipinski definition) is 4. The zero-order valence-corrected chi connectivity index (χ0v) is 14.4. The molecule has 6 heteroatoms. The van der Waals surface area contributed by atoms with Gasteiger partial charge in [0.1, 0.15) is 6.04 Å². The summed E-state index contributed by atoms with van der Waals surface area (Å²) in [4.78, 5) is 38.4. The summed E-state index contributed by atoms with van der Waals surface area (Å²) in [6.07, 6.45) is 0. The average molecular weight is 350 g/mol. The van der Waals surface area contributed by atoms with Crippen LogP contribution >= 0.6 is 0 Å². The van der Waals surface area contributed by atoms with Crippen LogP contribution in [0.5, 0.6) is 0 Å². The van der Waals surface area contributed by atoms with Crippen LogP contribution in [0.1, 0.15) is 34.6 Å². The zero-order chi connectivity index (χ0) is 18.7. The van der Waals surface area contributed by atoms with E-state index in [-0.39, 0.29) is 17.7 Å². The van der Waals surface area contributed by atoms with E-state index in [4.69, 9.17) is 4.74 Å². The lowest BCUT2D eigenvalue weighted by atomic mass is 10.1. The summed E-state index contributed by atoms with van der Waals surface area (Å²) >= 11 is 0. The molecule has 2 aromatic carbocycles. The highest BCUT2D eigenvalue weighted by Crippen LogP contribution is 2.26. The minimum Gasteiger partial charge on any atom is -0.406 e. The van der Waals surface area contributed by atoms with E-state index in [2.05, 4.69) is 5.32 Å². The van der Waals surface area contributed by atoms with Crippen molar-refractivity contribution in [3.63, 3.8) is 0 Å². The molecule has 1 saturated heterocycles. The largest absolute Gasteiger partial charge is 0.406 e. The van der Waals surface area contributed by atoms with Gasteiger partial charge in [-0.25, -0.2) is 4.79 Å². The molecular formula is C20H18N2O4. The number of cyclic esters (lactones) is 1. The Morgan fingerprint density at radius 1 is 0.962 bits per heavy atom. The molecule has 0 radical (unpaired) electrons. The van der Waals surface area contributed by atoms with Crippen LogP contribution in [0.15, 0.2) is 72.2 Å². The Bertz CT molecular complexity index is 875. The van der Waals surface area contributed by atoms with Crippen molar-refractivity contribution in [3.05, 3.63) is 83.4 Å². The highest BCUT2D eigenvalue weighted by Gasteiger charge is 2.40. The third-order valence-electron chi connectivity index (χ3n) is 4.04. The summed E-state index contributed by atoms with van der Waals surface area (Å²) in [6, 6.07) is 16.5. The first-order valence-electron chi connectivity index (χ1n) is 8.16. The number of ether oxygens (including phenoxy) is 1. The number of allylic oxidation sites excluding steroid dienone is 1. The summed E-state index contributed by atoms with van der Waals surface area (Å²) < 4.78 is 5.26. The Morgan fingerprint density at radius 2 is 1.50 bits per heavy atom. The smallest absolute Gasteiger partial charge is 0.335 e. The van der Waals surface area contributed by atoms with Crippen molar-refractivity contribution in [3.8, 4) is 0 Å². The second-order valence-electron chi connectivity index (χ2n) is 5.89. The molecule has 2 amide bonds. The Kier molecular flexibility index (Phi) is 4.84. The van der Waals surface area contributed by atoms with E-state index >= 15 is 0 Å². The van der Waals surface area contributed by atoms with E-state index in [1.54, 1.807) is 68.4 Å². The molecule has 1 unspecified atom stereocenters. The summed E-state index contributed by atoms with van der Waals surface area (Å²) in [5, 5.41) is 2.69. The van der Waals surface area contributed by atoms with Gasteiger partial charge in [-0.3, -0.25) is 14.5 Å². The van der Waals surface area contributed by atoms with Gasteiger partial charge in [0, 0.05) is 11.1 Å². The van der Waals surface area contributed by atoms with Crippen LogP contribution < -0.4 is 5.32 Å². The van der Waals surface area contributed by atoms with Crippen molar-refractivity contribution in [1.29, 1.82) is 0 Å². The molecule has 1 aliphatic heterocycles. The normalized spacial score (nSPS) is 18.3. The van der Waals surface area contributed by atoms with E-state index in [1.165, 1.54) is 4.90 Å². The van der Waals surface area contributed by atoms with Crippen molar-refractivity contribution < 1.29 is 19.1 Å². The predicted molar refractivity (Wildman–Crippen MR) is 94.8 cm³/mol. The summed E-state index contributed by atoms with van der Waals surface area (Å²) in [7, 11) is 0. The molecule has 1 atom stereocenters. The molecular weight excluding hydrogens is 332 g/mol. The third kappa shape index (κ3) is 3.35. The van der Waals surface area contributed by atoms with Gasteiger partial charge in [-0.05, 0) is 38.1 Å². The molecule has 0 saturated carbocycles. The minimum atomic E-state index is -0.777. The maximum absolute atomic E-state index is 12.8. The van der Waals surface area contributed by atoms with Crippen molar-refractivity contribution in [1.82, 2.24) is 10.2 Å². The van der Waals surface area contributed by atoms with Gasteiger partial charge in [-0.2, -0.15) is 0 Å². The van der Waals surface area contributed by atoms with Gasteiger partial charge in [0.25, 0.3) is 11.8 Å². The lowest BCUT2D eigenvalue weighted by Crippen LogP contribution is -2.36. The van der Waals surface area contributed by atoms with Crippen LogP contribution in [0.25, 0.3) is 0 Å². The molecule has 1 N–H and O–H groups in total. The van der Waals surface area contributed by atoms with Gasteiger partial charge < -0.3 is 10.1 Å². The molecule has 3 rings (SSSR count). The van der Waals surface area contributed by atoms with Crippen molar-refractivity contribution >= 4 is 17.8 Å². The number of carbonyl (C=O) groups is 3. The number of nitrogens with one attached hydrogen (secondary N) is 1. The molecule has 6 nitrogen and oxygen atoms in total. The number of amides is 2. The molecule has 132 valence electrons. The van der Waals surface area contributed by atoms with Crippen LogP contribution in [0, 0.1) is 0 Å². The van der Waals surface area contributed by atoms with Crippen molar-refractivity contribution in [2.24, 2.45) is 0 Å². The van der Waals surface area contributed by atoms with Crippen LogP contribution in [0.3, 0.4) is 0 Å². The summed E-state index contributed by atoms with van der Waals surface area (Å²) in [5.74, 6) is -1.22. The first-order valence-corrected chi connectivity index (χ1v) is 8.16. The standard InChI is InChI=1S/C20H18N2O4/c1-13(21-17(23)15-9-5-3-6-10-15)19-22(14(2)20(25)26-19)18(24)16-11-7-4-8-12-16/h3-12,14H,1-2H3,(H,21,23)/b19-13+. The van der Waals surface area contributed by atoms with E-state index in [0.717, 1.165) is 0 Å². The van der Waals surface area contributed by atoms with Crippen LogP contribution in [-0.2, 0) is 9.53 Å². The molecule has 2 aromatic rings. The second-order valence-corrected chi connectivity index (χ2v) is 5.89. The predicted octanol–water partition coefficient (Wildman–Crippen LogP) is 2.69. The topological polar surface area (TPSA) is 75.7 Å². The average Bonchev–Trinajstić information content (AvgIpc) is 2.97. The van der Waals surface area contributed by atoms with Gasteiger partial charge >= 0.3 is 5.97 Å². The lowest BCUT2D eigenvalue weighted by Gasteiger charge is -2.20. The minimum absolute atomic E-state index is 0.0423. The van der Waals surface area contributed by atoms with E-state index < -0.39 is 12.0 Å². The fourth-order valence-corrected chi connectivity index (χ4v) is 2.64. The number of hydrogen-bond donors (Lipinski definition) is 1. The lowest BCUT2D eigenvalue weighted by molar-refractivity contribution is -0.136.